The fourth-order valence-corrected chi connectivity index (χ4v) is 4.68. The van der Waals surface area contributed by atoms with Gasteiger partial charge in [0.15, 0.2) is 5.65 Å². The molecular formula is C21H28N6O. The van der Waals surface area contributed by atoms with Crippen LogP contribution in [0.3, 0.4) is 0 Å². The van der Waals surface area contributed by atoms with Gasteiger partial charge in [0.25, 0.3) is 0 Å². The first kappa shape index (κ1) is 18.9. The lowest BCUT2D eigenvalue weighted by molar-refractivity contribution is -0.136. The molecule has 7 nitrogen and oxygen atoms in total. The molecule has 148 valence electrons. The maximum absolute atomic E-state index is 12.9. The number of carbonyl (C=O) groups is 1. The summed E-state index contributed by atoms with van der Waals surface area (Å²) in [6, 6.07) is 8.39. The van der Waals surface area contributed by atoms with E-state index in [-0.39, 0.29) is 5.91 Å². The Bertz CT molecular complexity index is 870. The summed E-state index contributed by atoms with van der Waals surface area (Å²) in [6.45, 7) is 2.13. The third-order valence-electron chi connectivity index (χ3n) is 6.56. The lowest BCUT2D eigenvalue weighted by Gasteiger charge is -2.40. The molecule has 0 bridgehead atoms. The molecule has 7 heteroatoms. The zero-order chi connectivity index (χ0) is 19.6. The van der Waals surface area contributed by atoms with Crippen LogP contribution in [-0.2, 0) is 4.79 Å². The number of amides is 1. The summed E-state index contributed by atoms with van der Waals surface area (Å²) in [6.07, 6.45) is 8.77. The normalized spacial score (nSPS) is 20.7. The Morgan fingerprint density at radius 2 is 2.00 bits per heavy atom. The second-order valence-electron chi connectivity index (χ2n) is 8.19. The summed E-state index contributed by atoms with van der Waals surface area (Å²) in [5, 5.41) is 18.4. The molecule has 0 N–H and O–H groups in total. The summed E-state index contributed by atoms with van der Waals surface area (Å²) < 4.78 is 2.07. The lowest BCUT2D eigenvalue weighted by Crippen LogP contribution is -2.53. The minimum atomic E-state index is -0.603. The van der Waals surface area contributed by atoms with E-state index in [1.165, 1.54) is 0 Å². The molecule has 2 aromatic rings. The van der Waals surface area contributed by atoms with Crippen LogP contribution in [0.25, 0.3) is 5.65 Å². The molecule has 1 aliphatic heterocycles. The number of hydrogen-bond acceptors (Lipinski definition) is 5. The Morgan fingerprint density at radius 1 is 1.25 bits per heavy atom. The zero-order valence-corrected chi connectivity index (χ0v) is 16.5. The fourth-order valence-electron chi connectivity index (χ4n) is 4.68. The van der Waals surface area contributed by atoms with Gasteiger partial charge in [0, 0.05) is 19.2 Å². The highest BCUT2D eigenvalue weighted by Gasteiger charge is 2.39. The Labute approximate surface area is 165 Å². The second-order valence-corrected chi connectivity index (χ2v) is 8.19. The van der Waals surface area contributed by atoms with Crippen molar-refractivity contribution in [3.63, 3.8) is 0 Å². The van der Waals surface area contributed by atoms with Crippen molar-refractivity contribution in [2.45, 2.75) is 56.4 Å². The highest BCUT2D eigenvalue weighted by atomic mass is 16.2. The van der Waals surface area contributed by atoms with E-state index in [0.29, 0.717) is 12.5 Å². The molecule has 2 aromatic heterocycles. The van der Waals surface area contributed by atoms with Gasteiger partial charge in [0.2, 0.25) is 5.91 Å². The quantitative estimate of drug-likeness (QED) is 0.815. The van der Waals surface area contributed by atoms with Crippen molar-refractivity contribution in [2.75, 3.05) is 26.7 Å². The lowest BCUT2D eigenvalue weighted by atomic mass is 9.81. The number of rotatable bonds is 4. The van der Waals surface area contributed by atoms with Gasteiger partial charge in [-0.2, -0.15) is 5.26 Å². The van der Waals surface area contributed by atoms with Crippen LogP contribution in [0.15, 0.2) is 24.4 Å². The Kier molecular flexibility index (Phi) is 5.31. The highest BCUT2D eigenvalue weighted by molar-refractivity contribution is 5.79. The highest BCUT2D eigenvalue weighted by Crippen LogP contribution is 2.33. The van der Waals surface area contributed by atoms with Gasteiger partial charge in [-0.25, -0.2) is 0 Å². The van der Waals surface area contributed by atoms with E-state index in [9.17, 15) is 10.1 Å². The Morgan fingerprint density at radius 3 is 2.71 bits per heavy atom. The van der Waals surface area contributed by atoms with Crippen LogP contribution in [0.1, 0.15) is 56.7 Å². The first-order valence-electron chi connectivity index (χ1n) is 10.3. The summed E-state index contributed by atoms with van der Waals surface area (Å²) >= 11 is 0. The maximum atomic E-state index is 12.9. The third kappa shape index (κ3) is 3.49. The SMILES string of the molecule is CN(C(=O)CN1CCC(c2nnc3ccccn23)CC1)C1(C#N)CCCCC1. The van der Waals surface area contributed by atoms with E-state index in [1.54, 1.807) is 4.90 Å². The average molecular weight is 380 g/mol. The molecule has 2 fully saturated rings. The van der Waals surface area contributed by atoms with Crippen molar-refractivity contribution in [1.82, 2.24) is 24.4 Å². The van der Waals surface area contributed by atoms with Crippen LogP contribution in [0.2, 0.25) is 0 Å². The first-order valence-corrected chi connectivity index (χ1v) is 10.3. The number of nitrogens with zero attached hydrogens (tertiary/aromatic N) is 6. The minimum absolute atomic E-state index is 0.0647. The van der Waals surface area contributed by atoms with Crippen molar-refractivity contribution in [3.05, 3.63) is 30.2 Å². The van der Waals surface area contributed by atoms with E-state index in [1.807, 2.05) is 31.4 Å². The fraction of sp³-hybridized carbons (Fsp3) is 0.619. The summed E-state index contributed by atoms with van der Waals surface area (Å²) in [7, 11) is 1.81. The molecule has 0 radical (unpaired) electrons. The predicted molar refractivity (Wildman–Crippen MR) is 106 cm³/mol. The van der Waals surface area contributed by atoms with Crippen molar-refractivity contribution in [1.29, 1.82) is 5.26 Å². The van der Waals surface area contributed by atoms with Gasteiger partial charge in [-0.3, -0.25) is 14.1 Å². The number of likely N-dealkylation sites (N-methyl/N-ethyl adjacent to an activating group) is 1. The van der Waals surface area contributed by atoms with Gasteiger partial charge < -0.3 is 4.90 Å². The van der Waals surface area contributed by atoms with Crippen LogP contribution < -0.4 is 0 Å². The largest absolute Gasteiger partial charge is 0.326 e. The molecule has 1 saturated heterocycles. The number of likely N-dealkylation sites (tertiary alicyclic amines) is 1. The number of piperidine rings is 1. The molecule has 0 unspecified atom stereocenters. The molecule has 3 heterocycles. The van der Waals surface area contributed by atoms with E-state index >= 15 is 0 Å². The Balaban J connectivity index is 1.35. The van der Waals surface area contributed by atoms with Crippen molar-refractivity contribution >= 4 is 11.6 Å². The molecule has 28 heavy (non-hydrogen) atoms. The van der Waals surface area contributed by atoms with Gasteiger partial charge in [0.05, 0.1) is 12.6 Å². The summed E-state index contributed by atoms with van der Waals surface area (Å²) in [4.78, 5) is 16.8. The van der Waals surface area contributed by atoms with Crippen LogP contribution >= 0.6 is 0 Å². The molecule has 0 atom stereocenters. The van der Waals surface area contributed by atoms with Crippen LogP contribution in [0.5, 0.6) is 0 Å². The molecule has 0 aromatic carbocycles. The van der Waals surface area contributed by atoms with E-state index in [2.05, 4.69) is 25.6 Å². The van der Waals surface area contributed by atoms with Crippen LogP contribution in [0, 0.1) is 11.3 Å². The van der Waals surface area contributed by atoms with Gasteiger partial charge in [-0.1, -0.05) is 25.3 Å². The number of pyridine rings is 1. The number of carbonyl (C=O) groups excluding carboxylic acids is 1. The number of hydrogen-bond donors (Lipinski definition) is 0. The van der Waals surface area contributed by atoms with Gasteiger partial charge in [-0.05, 0) is 50.9 Å². The molecule has 1 amide bonds. The molecule has 1 aliphatic carbocycles. The Hall–Kier alpha value is -2.46. The number of aromatic nitrogens is 3. The zero-order valence-electron chi connectivity index (χ0n) is 16.5. The summed E-state index contributed by atoms with van der Waals surface area (Å²) in [5.41, 5.74) is 0.277. The van der Waals surface area contributed by atoms with E-state index < -0.39 is 5.54 Å². The van der Waals surface area contributed by atoms with Gasteiger partial charge >= 0.3 is 0 Å². The average Bonchev–Trinajstić information content (AvgIpc) is 3.18. The topological polar surface area (TPSA) is 77.5 Å². The monoisotopic (exact) mass is 380 g/mol. The molecule has 0 spiro atoms. The van der Waals surface area contributed by atoms with E-state index in [0.717, 1.165) is 69.5 Å². The third-order valence-corrected chi connectivity index (χ3v) is 6.56. The summed E-state index contributed by atoms with van der Waals surface area (Å²) in [5.74, 6) is 1.45. The van der Waals surface area contributed by atoms with Crippen molar-refractivity contribution < 1.29 is 4.79 Å². The van der Waals surface area contributed by atoms with E-state index in [4.69, 9.17) is 0 Å². The van der Waals surface area contributed by atoms with Crippen LogP contribution in [-0.4, -0.2) is 62.5 Å². The minimum Gasteiger partial charge on any atom is -0.326 e. The van der Waals surface area contributed by atoms with Gasteiger partial charge in [-0.15, -0.1) is 10.2 Å². The van der Waals surface area contributed by atoms with Crippen molar-refractivity contribution in [2.24, 2.45) is 0 Å². The first-order chi connectivity index (χ1) is 13.6. The molecular weight excluding hydrogens is 352 g/mol. The maximum Gasteiger partial charge on any atom is 0.237 e. The van der Waals surface area contributed by atoms with Crippen LogP contribution in [0.4, 0.5) is 0 Å². The molecule has 2 aliphatic rings. The predicted octanol–water partition coefficient (Wildman–Crippen LogP) is 2.59. The molecule has 4 rings (SSSR count). The smallest absolute Gasteiger partial charge is 0.237 e. The van der Waals surface area contributed by atoms with Gasteiger partial charge in [0.1, 0.15) is 11.4 Å². The standard InChI is InChI=1S/C21H28N6O/c1-25(21(16-22)10-4-2-5-11-21)19(28)15-26-13-8-17(9-14-26)20-24-23-18-7-3-6-12-27(18)20/h3,6-7,12,17H,2,4-5,8-11,13-15H2,1H3. The molecule has 1 saturated carbocycles. The second kappa shape index (κ2) is 7.88. The van der Waals surface area contributed by atoms with Crippen molar-refractivity contribution in [3.8, 4) is 6.07 Å². The number of nitriles is 1. The number of fused-ring (bicyclic) bond motifs is 1.